The Morgan fingerprint density at radius 1 is 1.14 bits per heavy atom. The van der Waals surface area contributed by atoms with Crippen LogP contribution in [0.5, 0.6) is 5.75 Å². The predicted molar refractivity (Wildman–Crippen MR) is 107 cm³/mol. The smallest absolute Gasteiger partial charge is 0.226 e. The van der Waals surface area contributed by atoms with E-state index < -0.39 is 0 Å². The molecule has 0 bridgehead atoms. The number of nitrogens with one attached hydrogen (secondary N) is 1. The number of nitrogens with zero attached hydrogens (tertiary/aromatic N) is 3. The lowest BCUT2D eigenvalue weighted by molar-refractivity contribution is -0.116. The number of aromatic nitrogens is 3. The average molecular weight is 376 g/mol. The van der Waals surface area contributed by atoms with Crippen LogP contribution in [0.25, 0.3) is 0 Å². The molecule has 0 radical (unpaired) electrons. The number of para-hydroxylation sites is 1. The van der Waals surface area contributed by atoms with E-state index in [0.717, 1.165) is 28.4 Å². The van der Waals surface area contributed by atoms with Crippen molar-refractivity contribution in [3.63, 3.8) is 0 Å². The van der Waals surface area contributed by atoms with E-state index in [1.54, 1.807) is 6.20 Å². The van der Waals surface area contributed by atoms with Crippen molar-refractivity contribution in [3.8, 4) is 5.75 Å². The molecule has 144 valence electrons. The molecule has 1 aromatic carbocycles. The quantitative estimate of drug-likeness (QED) is 0.745. The number of benzene rings is 1. The van der Waals surface area contributed by atoms with Gasteiger partial charge in [-0.1, -0.05) is 24.3 Å². The number of anilines is 1. The summed E-state index contributed by atoms with van der Waals surface area (Å²) in [6.07, 6.45) is 3.98. The molecule has 0 saturated heterocycles. The van der Waals surface area contributed by atoms with Crippen molar-refractivity contribution in [2.45, 2.75) is 45.3 Å². The molecule has 0 aliphatic carbocycles. The molecule has 3 heterocycles. The molecule has 6 heteroatoms. The first-order chi connectivity index (χ1) is 13.4. The minimum absolute atomic E-state index is 0.0111. The zero-order valence-electron chi connectivity index (χ0n) is 16.3. The van der Waals surface area contributed by atoms with Gasteiger partial charge < -0.3 is 10.1 Å². The Bertz CT molecular complexity index is 989. The molecule has 28 heavy (non-hydrogen) atoms. The van der Waals surface area contributed by atoms with E-state index in [2.05, 4.69) is 36.2 Å². The summed E-state index contributed by atoms with van der Waals surface area (Å²) in [7, 11) is 0. The Kier molecular flexibility index (Phi) is 4.63. The van der Waals surface area contributed by atoms with Crippen molar-refractivity contribution in [3.05, 3.63) is 71.7 Å². The number of carbonyl (C=O) groups is 1. The van der Waals surface area contributed by atoms with Gasteiger partial charge in [-0.15, -0.1) is 0 Å². The number of rotatable bonds is 4. The van der Waals surface area contributed by atoms with Crippen molar-refractivity contribution in [2.24, 2.45) is 0 Å². The maximum Gasteiger partial charge on any atom is 0.226 e. The van der Waals surface area contributed by atoms with Crippen LogP contribution in [0.2, 0.25) is 0 Å². The first-order valence-corrected chi connectivity index (χ1v) is 9.43. The highest BCUT2D eigenvalue weighted by molar-refractivity contribution is 5.94. The van der Waals surface area contributed by atoms with Gasteiger partial charge >= 0.3 is 0 Å². The van der Waals surface area contributed by atoms with Crippen molar-refractivity contribution in [1.82, 2.24) is 14.8 Å². The number of amides is 1. The molecular weight excluding hydrogens is 352 g/mol. The zero-order chi connectivity index (χ0) is 19.7. The van der Waals surface area contributed by atoms with Crippen LogP contribution in [0.4, 0.5) is 5.82 Å². The van der Waals surface area contributed by atoms with Gasteiger partial charge in [0.2, 0.25) is 5.91 Å². The topological polar surface area (TPSA) is 69.0 Å². The maximum absolute atomic E-state index is 12.5. The van der Waals surface area contributed by atoms with Gasteiger partial charge in [0.25, 0.3) is 0 Å². The normalized spacial score (nSPS) is 16.4. The summed E-state index contributed by atoms with van der Waals surface area (Å²) in [6.45, 7) is 6.59. The summed E-state index contributed by atoms with van der Waals surface area (Å²) in [5.74, 6) is 1.43. The van der Waals surface area contributed by atoms with Crippen LogP contribution in [0.1, 0.15) is 49.9 Å². The fourth-order valence-electron chi connectivity index (χ4n) is 3.54. The van der Waals surface area contributed by atoms with Crippen LogP contribution in [0.15, 0.2) is 54.9 Å². The third-order valence-electron chi connectivity index (χ3n) is 4.85. The molecule has 1 unspecified atom stereocenters. The molecule has 4 rings (SSSR count). The summed E-state index contributed by atoms with van der Waals surface area (Å²) in [5, 5.41) is 7.56. The highest BCUT2D eigenvalue weighted by Crippen LogP contribution is 2.41. The lowest BCUT2D eigenvalue weighted by Crippen LogP contribution is -2.30. The van der Waals surface area contributed by atoms with Crippen molar-refractivity contribution < 1.29 is 9.53 Å². The Balaban J connectivity index is 1.69. The van der Waals surface area contributed by atoms with Gasteiger partial charge in [-0.05, 0) is 39.0 Å². The molecule has 0 saturated carbocycles. The van der Waals surface area contributed by atoms with E-state index >= 15 is 0 Å². The van der Waals surface area contributed by atoms with Crippen molar-refractivity contribution in [1.29, 1.82) is 0 Å². The third-order valence-corrected chi connectivity index (χ3v) is 4.85. The van der Waals surface area contributed by atoms with Crippen LogP contribution < -0.4 is 10.1 Å². The van der Waals surface area contributed by atoms with Gasteiger partial charge in [0.05, 0.1) is 17.4 Å². The highest BCUT2D eigenvalue weighted by Gasteiger charge is 2.33. The molecular formula is C22H24N4O2. The fourth-order valence-corrected chi connectivity index (χ4v) is 3.54. The lowest BCUT2D eigenvalue weighted by atomic mass is 9.86. The second-order valence-corrected chi connectivity index (χ2v) is 7.98. The lowest BCUT2D eigenvalue weighted by Gasteiger charge is -2.28. The summed E-state index contributed by atoms with van der Waals surface area (Å²) in [5.41, 5.74) is 2.64. The summed E-state index contributed by atoms with van der Waals surface area (Å²) in [6, 6.07) is 13.6. The zero-order valence-corrected chi connectivity index (χ0v) is 16.3. The Morgan fingerprint density at radius 3 is 2.68 bits per heavy atom. The molecule has 1 N–H and O–H groups in total. The van der Waals surface area contributed by atoms with Gasteiger partial charge in [0.15, 0.2) is 0 Å². The van der Waals surface area contributed by atoms with E-state index in [9.17, 15) is 4.79 Å². The van der Waals surface area contributed by atoms with E-state index in [-0.39, 0.29) is 17.4 Å². The average Bonchev–Trinajstić information content (AvgIpc) is 3.11. The van der Waals surface area contributed by atoms with Crippen LogP contribution in [-0.4, -0.2) is 20.7 Å². The van der Waals surface area contributed by atoms with E-state index in [0.29, 0.717) is 13.0 Å². The predicted octanol–water partition coefficient (Wildman–Crippen LogP) is 4.09. The minimum Gasteiger partial charge on any atom is -0.487 e. The summed E-state index contributed by atoms with van der Waals surface area (Å²) < 4.78 is 7.96. The van der Waals surface area contributed by atoms with Gasteiger partial charge in [-0.2, -0.15) is 5.10 Å². The Labute approximate surface area is 164 Å². The van der Waals surface area contributed by atoms with E-state index in [1.165, 1.54) is 0 Å². The highest BCUT2D eigenvalue weighted by atomic mass is 16.5. The number of fused-ring (bicyclic) bond motifs is 1. The number of hydrogen-bond donors (Lipinski definition) is 1. The van der Waals surface area contributed by atoms with Gasteiger partial charge in [0, 0.05) is 29.7 Å². The molecule has 1 amide bonds. The Morgan fingerprint density at radius 2 is 1.93 bits per heavy atom. The molecule has 2 aromatic heterocycles. The third kappa shape index (κ3) is 3.50. The van der Waals surface area contributed by atoms with E-state index in [1.807, 2.05) is 53.3 Å². The SMILES string of the molecule is CC(C)(C)n1ncc2c1NC(=O)CC2c1ccccc1OCc1ccccn1. The first-order valence-electron chi connectivity index (χ1n) is 9.43. The molecule has 1 aliphatic rings. The molecule has 0 fully saturated rings. The summed E-state index contributed by atoms with van der Waals surface area (Å²) >= 11 is 0. The van der Waals surface area contributed by atoms with Gasteiger partial charge in [-0.25, -0.2) is 4.68 Å². The second-order valence-electron chi connectivity index (χ2n) is 7.98. The molecule has 1 aliphatic heterocycles. The number of ether oxygens (including phenoxy) is 1. The van der Waals surface area contributed by atoms with Crippen LogP contribution in [-0.2, 0) is 16.9 Å². The van der Waals surface area contributed by atoms with Crippen LogP contribution in [0, 0.1) is 0 Å². The monoisotopic (exact) mass is 376 g/mol. The largest absolute Gasteiger partial charge is 0.487 e. The van der Waals surface area contributed by atoms with E-state index in [4.69, 9.17) is 4.74 Å². The maximum atomic E-state index is 12.5. The molecule has 1 atom stereocenters. The van der Waals surface area contributed by atoms with Crippen molar-refractivity contribution >= 4 is 11.7 Å². The van der Waals surface area contributed by atoms with Gasteiger partial charge in [-0.3, -0.25) is 9.78 Å². The van der Waals surface area contributed by atoms with Crippen LogP contribution in [0.3, 0.4) is 0 Å². The fraction of sp³-hybridized carbons (Fsp3) is 0.318. The standard InChI is InChI=1S/C22H24N4O2/c1-22(2,3)26-21-18(13-24-26)17(12-20(27)25-21)16-9-4-5-10-19(16)28-14-15-8-6-7-11-23-15/h4-11,13,17H,12,14H2,1-3H3,(H,25,27). The Hall–Kier alpha value is -3.15. The summed E-state index contributed by atoms with van der Waals surface area (Å²) in [4.78, 5) is 16.8. The van der Waals surface area contributed by atoms with Crippen LogP contribution >= 0.6 is 0 Å². The molecule has 0 spiro atoms. The number of hydrogen-bond acceptors (Lipinski definition) is 4. The minimum atomic E-state index is -0.224. The van der Waals surface area contributed by atoms with Gasteiger partial charge in [0.1, 0.15) is 18.2 Å². The number of pyridine rings is 1. The first kappa shape index (κ1) is 18.2. The second kappa shape index (κ2) is 7.11. The molecule has 3 aromatic rings. The number of carbonyl (C=O) groups excluding carboxylic acids is 1. The molecule has 6 nitrogen and oxygen atoms in total. The van der Waals surface area contributed by atoms with Crippen molar-refractivity contribution in [2.75, 3.05) is 5.32 Å².